The number of nitro groups is 1. The summed E-state index contributed by atoms with van der Waals surface area (Å²) in [5, 5.41) is 13.7. The number of nitrogens with zero attached hydrogens (tertiary/aromatic N) is 4. The average Bonchev–Trinajstić information content (AvgIpc) is 2.82. The maximum atomic E-state index is 13.0. The van der Waals surface area contributed by atoms with E-state index in [9.17, 15) is 28.1 Å². The number of benzene rings is 2. The molecule has 1 aliphatic heterocycles. The Bertz CT molecular complexity index is 1450. The van der Waals surface area contributed by atoms with Crippen LogP contribution in [0.5, 0.6) is 0 Å². The van der Waals surface area contributed by atoms with Crippen LogP contribution < -0.4 is 10.9 Å². The zero-order valence-corrected chi connectivity index (χ0v) is 18.9. The van der Waals surface area contributed by atoms with Crippen LogP contribution in [-0.2, 0) is 26.1 Å². The number of hydrogen-bond acceptors (Lipinski definition) is 8. The van der Waals surface area contributed by atoms with Crippen molar-refractivity contribution < 1.29 is 22.9 Å². The van der Waals surface area contributed by atoms with E-state index >= 15 is 0 Å². The number of rotatable bonds is 6. The normalized spacial score (nSPS) is 14.7. The summed E-state index contributed by atoms with van der Waals surface area (Å²) in [6, 6.07) is 8.23. The van der Waals surface area contributed by atoms with Gasteiger partial charge in [-0.25, -0.2) is 13.4 Å². The molecule has 0 atom stereocenters. The number of aryl methyl sites for hydroxylation is 1. The highest BCUT2D eigenvalue weighted by Crippen LogP contribution is 2.24. The Hall–Kier alpha value is -3.68. The van der Waals surface area contributed by atoms with Gasteiger partial charge in [0.15, 0.2) is 0 Å². The molecule has 2 heterocycles. The predicted molar refractivity (Wildman–Crippen MR) is 122 cm³/mol. The van der Waals surface area contributed by atoms with Crippen LogP contribution in [0.15, 0.2) is 52.4 Å². The van der Waals surface area contributed by atoms with Gasteiger partial charge in [-0.15, -0.1) is 0 Å². The smallest absolute Gasteiger partial charge is 0.271 e. The van der Waals surface area contributed by atoms with Crippen molar-refractivity contribution in [3.05, 3.63) is 68.8 Å². The number of ether oxygens (including phenoxy) is 1. The number of carbonyl (C=O) groups is 1. The Morgan fingerprint density at radius 2 is 1.94 bits per heavy atom. The van der Waals surface area contributed by atoms with Crippen LogP contribution in [0, 0.1) is 17.0 Å². The lowest BCUT2D eigenvalue weighted by atomic mass is 10.2. The molecule has 0 saturated carbocycles. The topological polar surface area (TPSA) is 154 Å². The summed E-state index contributed by atoms with van der Waals surface area (Å²) >= 11 is 0. The number of nitro benzene ring substituents is 1. The fourth-order valence-corrected chi connectivity index (χ4v) is 5.27. The highest BCUT2D eigenvalue weighted by atomic mass is 32.2. The van der Waals surface area contributed by atoms with Gasteiger partial charge in [-0.1, -0.05) is 6.07 Å². The molecular weight excluding hydrogens is 466 g/mol. The number of amides is 1. The zero-order valence-electron chi connectivity index (χ0n) is 18.1. The van der Waals surface area contributed by atoms with Gasteiger partial charge in [0.2, 0.25) is 15.9 Å². The van der Waals surface area contributed by atoms with Gasteiger partial charge in [0.1, 0.15) is 6.54 Å². The van der Waals surface area contributed by atoms with Crippen molar-refractivity contribution in [1.29, 1.82) is 0 Å². The van der Waals surface area contributed by atoms with Gasteiger partial charge in [0.05, 0.1) is 40.3 Å². The number of aromatic nitrogens is 2. The first kappa shape index (κ1) is 23.5. The Balaban J connectivity index is 1.54. The third-order valence-electron chi connectivity index (χ3n) is 5.39. The second-order valence-corrected chi connectivity index (χ2v) is 9.59. The van der Waals surface area contributed by atoms with Gasteiger partial charge in [-0.3, -0.25) is 24.3 Å². The Morgan fingerprint density at radius 1 is 1.21 bits per heavy atom. The number of hydrogen-bond donors (Lipinski definition) is 1. The fourth-order valence-electron chi connectivity index (χ4n) is 3.61. The van der Waals surface area contributed by atoms with Gasteiger partial charge < -0.3 is 10.1 Å². The number of nitrogens with one attached hydrogen (secondary N) is 1. The minimum atomic E-state index is -3.76. The molecule has 1 aliphatic rings. The van der Waals surface area contributed by atoms with Crippen LogP contribution in [0.3, 0.4) is 0 Å². The van der Waals surface area contributed by atoms with Crippen LogP contribution in [0.1, 0.15) is 5.56 Å². The number of fused-ring (bicyclic) bond motifs is 1. The summed E-state index contributed by atoms with van der Waals surface area (Å²) in [7, 11) is -3.76. The van der Waals surface area contributed by atoms with Gasteiger partial charge in [0, 0.05) is 30.9 Å². The van der Waals surface area contributed by atoms with Crippen LogP contribution in [-0.4, -0.2) is 59.4 Å². The standard InChI is InChI=1S/C21H21N5O7S/c1-14-2-3-15(10-19(14)34(31,32)25-6-8-33-9-7-25)23-20(27)12-24-13-22-18-11-16(26(29)30)4-5-17(18)21(24)28/h2-5,10-11,13H,6-9,12H2,1H3,(H,23,27). The van der Waals surface area contributed by atoms with E-state index in [-0.39, 0.29) is 46.8 Å². The highest BCUT2D eigenvalue weighted by Gasteiger charge is 2.28. The summed E-state index contributed by atoms with van der Waals surface area (Å²) in [5.41, 5.74) is 0.215. The zero-order chi connectivity index (χ0) is 24.5. The van der Waals surface area contributed by atoms with Gasteiger partial charge in [-0.05, 0) is 30.7 Å². The lowest BCUT2D eigenvalue weighted by Gasteiger charge is -2.26. The number of carbonyl (C=O) groups excluding carboxylic acids is 1. The molecule has 1 aromatic heterocycles. The maximum absolute atomic E-state index is 13.0. The molecule has 178 valence electrons. The third-order valence-corrected chi connectivity index (χ3v) is 7.43. The molecule has 34 heavy (non-hydrogen) atoms. The van der Waals surface area contributed by atoms with E-state index < -0.39 is 26.4 Å². The second-order valence-electron chi connectivity index (χ2n) is 7.68. The molecule has 0 radical (unpaired) electrons. The monoisotopic (exact) mass is 487 g/mol. The predicted octanol–water partition coefficient (Wildman–Crippen LogP) is 1.27. The van der Waals surface area contributed by atoms with Gasteiger partial charge in [-0.2, -0.15) is 4.31 Å². The highest BCUT2D eigenvalue weighted by molar-refractivity contribution is 7.89. The molecule has 2 aromatic carbocycles. The summed E-state index contributed by atoms with van der Waals surface area (Å²) in [6.45, 7) is 2.42. The van der Waals surface area contributed by atoms with Crippen molar-refractivity contribution in [2.24, 2.45) is 0 Å². The number of anilines is 1. The van der Waals surface area contributed by atoms with Crippen LogP contribution in [0.25, 0.3) is 10.9 Å². The van der Waals surface area contributed by atoms with E-state index in [2.05, 4.69) is 10.3 Å². The molecule has 0 spiro atoms. The van der Waals surface area contributed by atoms with Crippen LogP contribution >= 0.6 is 0 Å². The lowest BCUT2D eigenvalue weighted by molar-refractivity contribution is -0.384. The van der Waals surface area contributed by atoms with Crippen molar-refractivity contribution >= 4 is 38.2 Å². The molecule has 12 nitrogen and oxygen atoms in total. The van der Waals surface area contributed by atoms with Crippen molar-refractivity contribution in [2.75, 3.05) is 31.6 Å². The third kappa shape index (κ3) is 4.66. The Labute approximate surface area is 194 Å². The van der Waals surface area contributed by atoms with E-state index in [0.717, 1.165) is 10.9 Å². The summed E-state index contributed by atoms with van der Waals surface area (Å²) in [4.78, 5) is 39.7. The van der Waals surface area contributed by atoms with Crippen molar-refractivity contribution in [3.8, 4) is 0 Å². The van der Waals surface area contributed by atoms with Gasteiger partial charge >= 0.3 is 0 Å². The average molecular weight is 487 g/mol. The first-order valence-electron chi connectivity index (χ1n) is 10.3. The minimum absolute atomic E-state index is 0.0818. The van der Waals surface area contributed by atoms with E-state index in [1.807, 2.05) is 0 Å². The van der Waals surface area contributed by atoms with Gasteiger partial charge in [0.25, 0.3) is 11.2 Å². The quantitative estimate of drug-likeness (QED) is 0.403. The van der Waals surface area contributed by atoms with Crippen molar-refractivity contribution in [1.82, 2.24) is 13.9 Å². The molecule has 1 amide bonds. The Kier molecular flexibility index (Phi) is 6.41. The number of morpholine rings is 1. The molecule has 0 aliphatic carbocycles. The van der Waals surface area contributed by atoms with Crippen molar-refractivity contribution in [2.45, 2.75) is 18.4 Å². The summed E-state index contributed by atoms with van der Waals surface area (Å²) in [5.74, 6) is -0.566. The molecule has 4 rings (SSSR count). The van der Waals surface area contributed by atoms with E-state index in [1.54, 1.807) is 19.1 Å². The molecule has 1 fully saturated rings. The minimum Gasteiger partial charge on any atom is -0.379 e. The fraction of sp³-hybridized carbons (Fsp3) is 0.286. The molecule has 13 heteroatoms. The first-order valence-corrected chi connectivity index (χ1v) is 11.7. The molecule has 3 aromatic rings. The lowest BCUT2D eigenvalue weighted by Crippen LogP contribution is -2.40. The molecule has 0 unspecified atom stereocenters. The SMILES string of the molecule is Cc1ccc(NC(=O)Cn2cnc3cc([N+](=O)[O-])ccc3c2=O)cc1S(=O)(=O)N1CCOCC1. The molecule has 0 bridgehead atoms. The molecular formula is C21H21N5O7S. The van der Waals surface area contributed by atoms with E-state index in [1.165, 1.54) is 28.6 Å². The number of non-ortho nitro benzene ring substituents is 1. The largest absolute Gasteiger partial charge is 0.379 e. The second kappa shape index (κ2) is 9.29. The van der Waals surface area contributed by atoms with Crippen molar-refractivity contribution in [3.63, 3.8) is 0 Å². The van der Waals surface area contributed by atoms with E-state index in [4.69, 9.17) is 4.74 Å². The summed E-state index contributed by atoms with van der Waals surface area (Å²) in [6.07, 6.45) is 1.14. The maximum Gasteiger partial charge on any atom is 0.271 e. The van der Waals surface area contributed by atoms with Crippen LogP contribution in [0.2, 0.25) is 0 Å². The Morgan fingerprint density at radius 3 is 2.65 bits per heavy atom. The molecule has 1 saturated heterocycles. The first-order chi connectivity index (χ1) is 16.2. The molecule has 1 N–H and O–H groups in total. The van der Waals surface area contributed by atoms with E-state index in [0.29, 0.717) is 18.8 Å². The van der Waals surface area contributed by atoms with Crippen LogP contribution in [0.4, 0.5) is 11.4 Å². The number of sulfonamides is 1. The summed E-state index contributed by atoms with van der Waals surface area (Å²) < 4.78 is 33.7.